The Morgan fingerprint density at radius 2 is 1.90 bits per heavy atom. The average molecular weight is 298 g/mol. The third-order valence-electron chi connectivity index (χ3n) is 3.48. The molecule has 5 heteroatoms. The molecule has 2 unspecified atom stereocenters. The molecule has 1 rings (SSSR count). The van der Waals surface area contributed by atoms with Gasteiger partial charge in [-0.3, -0.25) is 4.79 Å². The topological polar surface area (TPSA) is 71.4 Å². The molecule has 1 N–H and O–H groups in total. The van der Waals surface area contributed by atoms with E-state index in [-0.39, 0.29) is 4.90 Å². The van der Waals surface area contributed by atoms with Crippen LogP contribution < -0.4 is 0 Å². The van der Waals surface area contributed by atoms with Gasteiger partial charge in [0.05, 0.1) is 4.90 Å². The normalized spacial score (nSPS) is 14.8. The summed E-state index contributed by atoms with van der Waals surface area (Å²) in [6, 6.07) is 4.97. The van der Waals surface area contributed by atoms with Crippen molar-refractivity contribution in [2.24, 2.45) is 5.92 Å². The molecule has 1 aromatic rings. The molecular formula is C15H22O4S. The molecule has 4 nitrogen and oxygen atoms in total. The van der Waals surface area contributed by atoms with Crippen LogP contribution in [0.4, 0.5) is 0 Å². The summed E-state index contributed by atoms with van der Waals surface area (Å²) in [4.78, 5) is 11.6. The molecule has 0 spiro atoms. The third kappa shape index (κ3) is 3.39. The summed E-state index contributed by atoms with van der Waals surface area (Å²) in [6.07, 6.45) is 1.33. The van der Waals surface area contributed by atoms with Crippen molar-refractivity contribution < 1.29 is 18.3 Å². The van der Waals surface area contributed by atoms with Crippen LogP contribution >= 0.6 is 0 Å². The van der Waals surface area contributed by atoms with Crippen molar-refractivity contribution in [1.82, 2.24) is 0 Å². The third-order valence-corrected chi connectivity index (χ3v) is 5.88. The molecule has 0 aliphatic heterocycles. The molecular weight excluding hydrogens is 276 g/mol. The molecule has 0 saturated heterocycles. The molecule has 1 aromatic carbocycles. The van der Waals surface area contributed by atoms with Crippen LogP contribution in [0.2, 0.25) is 0 Å². The Morgan fingerprint density at radius 1 is 1.30 bits per heavy atom. The molecule has 0 radical (unpaired) electrons. The van der Waals surface area contributed by atoms with E-state index < -0.39 is 27.0 Å². The van der Waals surface area contributed by atoms with Crippen LogP contribution in [-0.4, -0.2) is 24.7 Å². The largest absolute Gasteiger partial charge is 0.480 e. The van der Waals surface area contributed by atoms with Crippen molar-refractivity contribution in [3.63, 3.8) is 0 Å². The number of carboxylic acid groups (broad SMARTS) is 1. The number of hydrogen-bond donors (Lipinski definition) is 1. The van der Waals surface area contributed by atoms with Gasteiger partial charge in [0.1, 0.15) is 0 Å². The summed E-state index contributed by atoms with van der Waals surface area (Å²) in [5.41, 5.74) is 1.55. The highest BCUT2D eigenvalue weighted by molar-refractivity contribution is 7.92. The molecule has 0 fully saturated rings. The van der Waals surface area contributed by atoms with Crippen LogP contribution in [0.1, 0.15) is 37.8 Å². The predicted molar refractivity (Wildman–Crippen MR) is 78.6 cm³/mol. The van der Waals surface area contributed by atoms with Crippen LogP contribution in [0, 0.1) is 19.8 Å². The molecule has 0 aromatic heterocycles. The number of rotatable bonds is 6. The quantitative estimate of drug-likeness (QED) is 0.876. The molecule has 0 aliphatic carbocycles. The summed E-state index contributed by atoms with van der Waals surface area (Å²) in [5.74, 6) is -1.69. The van der Waals surface area contributed by atoms with Crippen LogP contribution in [0.5, 0.6) is 0 Å². The van der Waals surface area contributed by atoms with Crippen molar-refractivity contribution in [3.05, 3.63) is 29.3 Å². The highest BCUT2D eigenvalue weighted by Gasteiger charge is 2.38. The van der Waals surface area contributed by atoms with Gasteiger partial charge >= 0.3 is 5.97 Å². The Labute approximate surface area is 120 Å². The van der Waals surface area contributed by atoms with E-state index >= 15 is 0 Å². The van der Waals surface area contributed by atoms with Gasteiger partial charge in [-0.2, -0.15) is 0 Å². The minimum atomic E-state index is -3.87. The number of aryl methyl sites for hydroxylation is 2. The molecule has 0 heterocycles. The smallest absolute Gasteiger partial charge is 0.322 e. The van der Waals surface area contributed by atoms with Gasteiger partial charge in [0.2, 0.25) is 0 Å². The van der Waals surface area contributed by atoms with Crippen LogP contribution in [0.25, 0.3) is 0 Å². The Hall–Kier alpha value is -1.36. The molecule has 20 heavy (non-hydrogen) atoms. The summed E-state index contributed by atoms with van der Waals surface area (Å²) in [6.45, 7) is 7.17. The lowest BCUT2D eigenvalue weighted by Gasteiger charge is -2.21. The summed E-state index contributed by atoms with van der Waals surface area (Å²) >= 11 is 0. The fourth-order valence-corrected chi connectivity index (χ4v) is 4.60. The van der Waals surface area contributed by atoms with Crippen LogP contribution in [0.3, 0.4) is 0 Å². The van der Waals surface area contributed by atoms with E-state index in [4.69, 9.17) is 0 Å². The maximum absolute atomic E-state index is 12.6. The van der Waals surface area contributed by atoms with E-state index in [9.17, 15) is 18.3 Å². The van der Waals surface area contributed by atoms with Crippen LogP contribution in [-0.2, 0) is 14.6 Å². The van der Waals surface area contributed by atoms with E-state index in [0.717, 1.165) is 12.0 Å². The second-order valence-electron chi connectivity index (χ2n) is 5.34. The predicted octanol–water partition coefficient (Wildman–Crippen LogP) is 2.97. The maximum atomic E-state index is 12.6. The minimum Gasteiger partial charge on any atom is -0.480 e. The van der Waals surface area contributed by atoms with Gasteiger partial charge in [-0.1, -0.05) is 38.0 Å². The highest BCUT2D eigenvalue weighted by atomic mass is 32.2. The van der Waals surface area contributed by atoms with Gasteiger partial charge in [0, 0.05) is 0 Å². The number of aliphatic carboxylic acids is 1. The van der Waals surface area contributed by atoms with E-state index in [0.29, 0.717) is 12.0 Å². The van der Waals surface area contributed by atoms with Gasteiger partial charge in [0.15, 0.2) is 15.1 Å². The van der Waals surface area contributed by atoms with Crippen molar-refractivity contribution in [2.45, 2.75) is 50.7 Å². The average Bonchev–Trinajstić information content (AvgIpc) is 2.27. The van der Waals surface area contributed by atoms with Gasteiger partial charge in [0.25, 0.3) is 0 Å². The van der Waals surface area contributed by atoms with Gasteiger partial charge in [-0.05, 0) is 37.8 Å². The Morgan fingerprint density at radius 3 is 2.35 bits per heavy atom. The Kier molecular flexibility index (Phi) is 5.34. The zero-order chi connectivity index (χ0) is 15.5. The van der Waals surface area contributed by atoms with Crippen molar-refractivity contribution in [2.75, 3.05) is 0 Å². The van der Waals surface area contributed by atoms with Crippen molar-refractivity contribution in [1.29, 1.82) is 0 Å². The molecule has 2 atom stereocenters. The lowest BCUT2D eigenvalue weighted by Crippen LogP contribution is -2.36. The number of hydrogen-bond acceptors (Lipinski definition) is 3. The van der Waals surface area contributed by atoms with Crippen molar-refractivity contribution >= 4 is 15.8 Å². The fourth-order valence-electron chi connectivity index (χ4n) is 2.54. The first-order valence-corrected chi connectivity index (χ1v) is 8.30. The highest BCUT2D eigenvalue weighted by Crippen LogP contribution is 2.27. The first-order valence-electron chi connectivity index (χ1n) is 6.75. The van der Waals surface area contributed by atoms with Gasteiger partial charge in [-0.15, -0.1) is 0 Å². The number of carbonyl (C=O) groups is 1. The second kappa shape index (κ2) is 6.39. The van der Waals surface area contributed by atoms with E-state index in [2.05, 4.69) is 0 Å². The molecule has 0 bridgehead atoms. The molecule has 0 saturated carbocycles. The first kappa shape index (κ1) is 16.7. The minimum absolute atomic E-state index is 0.124. The monoisotopic (exact) mass is 298 g/mol. The fraction of sp³-hybridized carbons (Fsp3) is 0.533. The first-order chi connectivity index (χ1) is 9.21. The number of benzene rings is 1. The number of sulfone groups is 1. The van der Waals surface area contributed by atoms with Crippen LogP contribution in [0.15, 0.2) is 23.1 Å². The SMILES string of the molecule is CCCC(C)C(C(=O)O)S(=O)(=O)c1ccc(C)cc1C. The lowest BCUT2D eigenvalue weighted by atomic mass is 10.0. The second-order valence-corrected chi connectivity index (χ2v) is 7.38. The summed E-state index contributed by atoms with van der Waals surface area (Å²) in [5, 5.41) is 7.95. The Balaban J connectivity index is 3.33. The standard InChI is InChI=1S/C15H22O4S/c1-5-6-11(3)14(15(16)17)20(18,19)13-8-7-10(2)9-12(13)4/h7-9,11,14H,5-6H2,1-4H3,(H,16,17). The maximum Gasteiger partial charge on any atom is 0.322 e. The molecule has 0 amide bonds. The summed E-state index contributed by atoms with van der Waals surface area (Å²) < 4.78 is 25.3. The summed E-state index contributed by atoms with van der Waals surface area (Å²) in [7, 11) is -3.87. The van der Waals surface area contributed by atoms with Crippen molar-refractivity contribution in [3.8, 4) is 0 Å². The van der Waals surface area contributed by atoms with E-state index in [1.807, 2.05) is 13.8 Å². The van der Waals surface area contributed by atoms with E-state index in [1.165, 1.54) is 6.07 Å². The van der Waals surface area contributed by atoms with E-state index in [1.54, 1.807) is 26.0 Å². The Bertz CT molecular complexity index is 590. The lowest BCUT2D eigenvalue weighted by molar-refractivity contribution is -0.137. The van der Waals surface area contributed by atoms with Gasteiger partial charge < -0.3 is 5.11 Å². The van der Waals surface area contributed by atoms with Gasteiger partial charge in [-0.25, -0.2) is 8.42 Å². The molecule has 0 aliphatic rings. The zero-order valence-corrected chi connectivity index (χ0v) is 13.2. The number of carboxylic acids is 1. The zero-order valence-electron chi connectivity index (χ0n) is 12.4. The molecule has 112 valence electrons.